The lowest BCUT2D eigenvalue weighted by Gasteiger charge is -2.36. The number of hydrogen-bond acceptors (Lipinski definition) is 4. The fraction of sp³-hybridized carbons (Fsp3) is 1.00. The SMILES string of the molecule is CC(C)N1CCN(CCS(C)(=O)=O)CC1. The normalized spacial score (nSPS) is 21.1. The highest BCUT2D eigenvalue weighted by molar-refractivity contribution is 7.90. The van der Waals surface area contributed by atoms with Crippen LogP contribution in [0.5, 0.6) is 0 Å². The van der Waals surface area contributed by atoms with Crippen LogP contribution in [0, 0.1) is 0 Å². The molecule has 0 spiro atoms. The first-order valence-corrected chi connectivity index (χ1v) is 7.58. The molecule has 1 saturated heterocycles. The Kier molecular flexibility index (Phi) is 4.55. The van der Waals surface area contributed by atoms with Crippen molar-refractivity contribution in [3.63, 3.8) is 0 Å². The van der Waals surface area contributed by atoms with E-state index in [1.807, 2.05) is 0 Å². The van der Waals surface area contributed by atoms with Crippen LogP contribution >= 0.6 is 0 Å². The van der Waals surface area contributed by atoms with E-state index < -0.39 is 9.84 Å². The summed E-state index contributed by atoms with van der Waals surface area (Å²) in [6, 6.07) is 0.599. The molecule has 0 radical (unpaired) electrons. The molecule has 0 atom stereocenters. The summed E-state index contributed by atoms with van der Waals surface area (Å²) in [5.74, 6) is 0.286. The van der Waals surface area contributed by atoms with Gasteiger partial charge in [-0.25, -0.2) is 8.42 Å². The van der Waals surface area contributed by atoms with Crippen molar-refractivity contribution in [3.8, 4) is 0 Å². The van der Waals surface area contributed by atoms with Crippen LogP contribution in [0.3, 0.4) is 0 Å². The Hall–Kier alpha value is -0.130. The van der Waals surface area contributed by atoms with Gasteiger partial charge in [0.25, 0.3) is 0 Å². The second kappa shape index (κ2) is 5.27. The van der Waals surface area contributed by atoms with Crippen molar-refractivity contribution in [2.75, 3.05) is 44.7 Å². The van der Waals surface area contributed by atoms with E-state index in [1.54, 1.807) is 0 Å². The van der Waals surface area contributed by atoms with Gasteiger partial charge in [0.1, 0.15) is 9.84 Å². The van der Waals surface area contributed by atoms with Crippen LogP contribution in [-0.4, -0.2) is 69.0 Å². The second-order valence-corrected chi connectivity index (χ2v) is 6.86. The Labute approximate surface area is 93.2 Å². The third-order valence-electron chi connectivity index (χ3n) is 2.92. The Morgan fingerprint density at radius 2 is 1.67 bits per heavy atom. The third-order valence-corrected chi connectivity index (χ3v) is 3.84. The molecule has 0 bridgehead atoms. The first-order chi connectivity index (χ1) is 6.88. The minimum atomic E-state index is -2.81. The van der Waals surface area contributed by atoms with E-state index in [2.05, 4.69) is 23.6 Å². The first kappa shape index (κ1) is 12.9. The Balaban J connectivity index is 2.26. The molecule has 5 heteroatoms. The van der Waals surface area contributed by atoms with Gasteiger partial charge in [0.05, 0.1) is 5.75 Å². The quantitative estimate of drug-likeness (QED) is 0.689. The standard InChI is InChI=1S/C10H22N2O2S/c1-10(2)12-6-4-11(5-7-12)8-9-15(3,13)14/h10H,4-9H2,1-3H3. The summed E-state index contributed by atoms with van der Waals surface area (Å²) >= 11 is 0. The molecule has 1 heterocycles. The summed E-state index contributed by atoms with van der Waals surface area (Å²) in [6.45, 7) is 9.19. The van der Waals surface area contributed by atoms with Crippen molar-refractivity contribution in [2.45, 2.75) is 19.9 Å². The minimum absolute atomic E-state index is 0.286. The van der Waals surface area contributed by atoms with Crippen LogP contribution < -0.4 is 0 Å². The van der Waals surface area contributed by atoms with E-state index in [4.69, 9.17) is 0 Å². The van der Waals surface area contributed by atoms with Gasteiger partial charge in [-0.2, -0.15) is 0 Å². The topological polar surface area (TPSA) is 40.6 Å². The maximum absolute atomic E-state index is 11.0. The highest BCUT2D eigenvalue weighted by Gasteiger charge is 2.19. The summed E-state index contributed by atoms with van der Waals surface area (Å²) in [5, 5.41) is 0. The predicted molar refractivity (Wildman–Crippen MR) is 62.9 cm³/mol. The maximum atomic E-state index is 11.0. The molecule has 0 unspecified atom stereocenters. The van der Waals surface area contributed by atoms with Crippen LogP contribution in [0.25, 0.3) is 0 Å². The highest BCUT2D eigenvalue weighted by atomic mass is 32.2. The number of hydrogen-bond donors (Lipinski definition) is 0. The van der Waals surface area contributed by atoms with Gasteiger partial charge in [-0.3, -0.25) is 9.80 Å². The largest absolute Gasteiger partial charge is 0.300 e. The molecule has 0 aromatic rings. The fourth-order valence-corrected chi connectivity index (χ4v) is 2.39. The molecule has 4 nitrogen and oxygen atoms in total. The van der Waals surface area contributed by atoms with Crippen LogP contribution in [0.1, 0.15) is 13.8 Å². The van der Waals surface area contributed by atoms with Crippen molar-refractivity contribution in [1.82, 2.24) is 9.80 Å². The van der Waals surface area contributed by atoms with Gasteiger partial charge < -0.3 is 0 Å². The molecule has 0 saturated carbocycles. The van der Waals surface area contributed by atoms with Gasteiger partial charge in [-0.15, -0.1) is 0 Å². The lowest BCUT2D eigenvalue weighted by molar-refractivity contribution is 0.113. The zero-order valence-corrected chi connectivity index (χ0v) is 10.8. The average molecular weight is 234 g/mol. The summed E-state index contributed by atoms with van der Waals surface area (Å²) in [6.07, 6.45) is 1.30. The van der Waals surface area contributed by atoms with Crippen molar-refractivity contribution < 1.29 is 8.42 Å². The van der Waals surface area contributed by atoms with E-state index in [0.29, 0.717) is 12.6 Å². The Bertz CT molecular complexity index is 280. The van der Waals surface area contributed by atoms with Gasteiger partial charge in [0.15, 0.2) is 0 Å². The monoisotopic (exact) mass is 234 g/mol. The molecular weight excluding hydrogens is 212 g/mol. The van der Waals surface area contributed by atoms with Crippen LogP contribution in [-0.2, 0) is 9.84 Å². The molecule has 0 aromatic heterocycles. The number of sulfone groups is 1. The van der Waals surface area contributed by atoms with E-state index in [-0.39, 0.29) is 5.75 Å². The smallest absolute Gasteiger partial charge is 0.148 e. The molecular formula is C10H22N2O2S. The molecule has 90 valence electrons. The zero-order valence-electron chi connectivity index (χ0n) is 9.94. The number of nitrogens with zero attached hydrogens (tertiary/aromatic N) is 2. The molecule has 1 fully saturated rings. The van der Waals surface area contributed by atoms with Gasteiger partial charge in [-0.1, -0.05) is 0 Å². The van der Waals surface area contributed by atoms with E-state index >= 15 is 0 Å². The van der Waals surface area contributed by atoms with Gasteiger partial charge in [0.2, 0.25) is 0 Å². The fourth-order valence-electron chi connectivity index (χ4n) is 1.80. The summed E-state index contributed by atoms with van der Waals surface area (Å²) in [4.78, 5) is 4.66. The molecule has 15 heavy (non-hydrogen) atoms. The molecule has 1 aliphatic rings. The van der Waals surface area contributed by atoms with Crippen LogP contribution in [0.2, 0.25) is 0 Å². The number of piperazine rings is 1. The highest BCUT2D eigenvalue weighted by Crippen LogP contribution is 2.05. The van der Waals surface area contributed by atoms with E-state index in [9.17, 15) is 8.42 Å². The molecule has 0 N–H and O–H groups in total. The van der Waals surface area contributed by atoms with E-state index in [1.165, 1.54) is 6.26 Å². The van der Waals surface area contributed by atoms with Gasteiger partial charge in [0, 0.05) is 45.0 Å². The van der Waals surface area contributed by atoms with Crippen molar-refractivity contribution in [1.29, 1.82) is 0 Å². The molecule has 0 aliphatic carbocycles. The van der Waals surface area contributed by atoms with Crippen LogP contribution in [0.15, 0.2) is 0 Å². The van der Waals surface area contributed by atoms with Crippen LogP contribution in [0.4, 0.5) is 0 Å². The first-order valence-electron chi connectivity index (χ1n) is 5.52. The van der Waals surface area contributed by atoms with Gasteiger partial charge >= 0.3 is 0 Å². The zero-order chi connectivity index (χ0) is 11.5. The maximum Gasteiger partial charge on any atom is 0.148 e. The van der Waals surface area contributed by atoms with Crippen molar-refractivity contribution >= 4 is 9.84 Å². The van der Waals surface area contributed by atoms with Crippen molar-refractivity contribution in [2.24, 2.45) is 0 Å². The summed E-state index contributed by atoms with van der Waals surface area (Å²) in [5.41, 5.74) is 0. The predicted octanol–water partition coefficient (Wildman–Crippen LogP) is 0.0570. The molecule has 1 rings (SSSR count). The second-order valence-electron chi connectivity index (χ2n) is 4.60. The summed E-state index contributed by atoms with van der Waals surface area (Å²) < 4.78 is 22.0. The number of rotatable bonds is 4. The molecule has 1 aliphatic heterocycles. The average Bonchev–Trinajstić information content (AvgIpc) is 2.14. The van der Waals surface area contributed by atoms with Gasteiger partial charge in [-0.05, 0) is 13.8 Å². The van der Waals surface area contributed by atoms with E-state index in [0.717, 1.165) is 26.2 Å². The molecule has 0 aromatic carbocycles. The minimum Gasteiger partial charge on any atom is -0.300 e. The van der Waals surface area contributed by atoms with Crippen molar-refractivity contribution in [3.05, 3.63) is 0 Å². The summed E-state index contributed by atoms with van der Waals surface area (Å²) in [7, 11) is -2.81. The third kappa shape index (κ3) is 4.95. The Morgan fingerprint density at radius 1 is 1.13 bits per heavy atom. The lowest BCUT2D eigenvalue weighted by Crippen LogP contribution is -2.49. The molecule has 0 amide bonds. The Morgan fingerprint density at radius 3 is 2.07 bits per heavy atom. The lowest BCUT2D eigenvalue weighted by atomic mass is 10.2.